The molecule has 0 saturated heterocycles. The zero-order chi connectivity index (χ0) is 15.9. The summed E-state index contributed by atoms with van der Waals surface area (Å²) in [6.45, 7) is 2.45. The smallest absolute Gasteiger partial charge is 0.224 e. The van der Waals surface area contributed by atoms with Crippen molar-refractivity contribution in [3.05, 3.63) is 65.2 Å². The molecular weight excluding hydrogens is 288 g/mol. The second-order valence-electron chi connectivity index (χ2n) is 4.94. The molecule has 116 valence electrons. The minimum Gasteiger partial charge on any atom is -0.492 e. The van der Waals surface area contributed by atoms with Crippen LogP contribution in [0, 0.1) is 18.6 Å². The number of rotatable bonds is 6. The first-order valence-corrected chi connectivity index (χ1v) is 6.94. The van der Waals surface area contributed by atoms with Gasteiger partial charge in [-0.15, -0.1) is 0 Å². The lowest BCUT2D eigenvalue weighted by Gasteiger charge is -2.08. The molecule has 0 bridgehead atoms. The summed E-state index contributed by atoms with van der Waals surface area (Å²) in [4.78, 5) is 11.8. The molecule has 0 saturated carbocycles. The van der Waals surface area contributed by atoms with E-state index in [1.807, 2.05) is 31.2 Å². The third kappa shape index (κ3) is 4.84. The number of hydrogen-bond donors (Lipinski definition) is 1. The van der Waals surface area contributed by atoms with Crippen LogP contribution in [0.25, 0.3) is 0 Å². The summed E-state index contributed by atoms with van der Waals surface area (Å²) < 4.78 is 30.9. The SMILES string of the molecule is Cc1cccc(CC(=O)NCCOc2ccc(F)c(F)c2)c1. The molecule has 1 amide bonds. The molecule has 0 atom stereocenters. The van der Waals surface area contributed by atoms with Crippen LogP contribution in [-0.2, 0) is 11.2 Å². The van der Waals surface area contributed by atoms with Crippen molar-refractivity contribution in [2.75, 3.05) is 13.2 Å². The van der Waals surface area contributed by atoms with Crippen LogP contribution >= 0.6 is 0 Å². The van der Waals surface area contributed by atoms with Crippen LogP contribution in [-0.4, -0.2) is 19.1 Å². The first-order valence-electron chi connectivity index (χ1n) is 6.94. The Balaban J connectivity index is 1.72. The molecule has 2 aromatic carbocycles. The van der Waals surface area contributed by atoms with Crippen LogP contribution in [0.4, 0.5) is 8.78 Å². The van der Waals surface area contributed by atoms with E-state index in [-0.39, 0.29) is 18.3 Å². The van der Waals surface area contributed by atoms with Gasteiger partial charge in [0.2, 0.25) is 5.91 Å². The van der Waals surface area contributed by atoms with Gasteiger partial charge in [0, 0.05) is 6.07 Å². The molecule has 0 aliphatic carbocycles. The van der Waals surface area contributed by atoms with Gasteiger partial charge in [-0.2, -0.15) is 0 Å². The van der Waals surface area contributed by atoms with Gasteiger partial charge < -0.3 is 10.1 Å². The first-order chi connectivity index (χ1) is 10.5. The summed E-state index contributed by atoms with van der Waals surface area (Å²) in [6.07, 6.45) is 0.298. The van der Waals surface area contributed by atoms with Gasteiger partial charge in [-0.05, 0) is 24.6 Å². The molecule has 0 spiro atoms. The second kappa shape index (κ2) is 7.54. The van der Waals surface area contributed by atoms with E-state index < -0.39 is 11.6 Å². The van der Waals surface area contributed by atoms with Crippen molar-refractivity contribution in [3.8, 4) is 5.75 Å². The lowest BCUT2D eigenvalue weighted by atomic mass is 10.1. The van der Waals surface area contributed by atoms with E-state index in [0.29, 0.717) is 13.0 Å². The van der Waals surface area contributed by atoms with Gasteiger partial charge in [0.05, 0.1) is 13.0 Å². The fourth-order valence-electron chi connectivity index (χ4n) is 2.00. The zero-order valence-electron chi connectivity index (χ0n) is 12.2. The number of nitrogens with one attached hydrogen (secondary N) is 1. The highest BCUT2D eigenvalue weighted by Gasteiger charge is 2.05. The number of amides is 1. The molecule has 0 aliphatic rings. The Kier molecular flexibility index (Phi) is 5.47. The van der Waals surface area contributed by atoms with Crippen LogP contribution in [0.1, 0.15) is 11.1 Å². The van der Waals surface area contributed by atoms with Crippen LogP contribution in [0.2, 0.25) is 0 Å². The Morgan fingerprint density at radius 2 is 1.95 bits per heavy atom. The molecule has 0 unspecified atom stereocenters. The van der Waals surface area contributed by atoms with Gasteiger partial charge in [0.15, 0.2) is 11.6 Å². The Morgan fingerprint density at radius 3 is 2.68 bits per heavy atom. The third-order valence-corrected chi connectivity index (χ3v) is 3.03. The van der Waals surface area contributed by atoms with Gasteiger partial charge in [-0.1, -0.05) is 29.8 Å². The molecule has 0 radical (unpaired) electrons. The molecule has 1 N–H and O–H groups in total. The molecule has 0 aromatic heterocycles. The summed E-state index contributed by atoms with van der Waals surface area (Å²) in [5.74, 6) is -1.76. The number of carbonyl (C=O) groups is 1. The van der Waals surface area contributed by atoms with Gasteiger partial charge in [-0.25, -0.2) is 8.78 Å². The normalized spacial score (nSPS) is 10.3. The van der Waals surface area contributed by atoms with E-state index in [9.17, 15) is 13.6 Å². The summed E-state index contributed by atoms with van der Waals surface area (Å²) in [5.41, 5.74) is 2.05. The topological polar surface area (TPSA) is 38.3 Å². The van der Waals surface area contributed by atoms with Gasteiger partial charge in [0.25, 0.3) is 0 Å². The molecule has 2 aromatic rings. The van der Waals surface area contributed by atoms with Gasteiger partial charge in [-0.3, -0.25) is 4.79 Å². The lowest BCUT2D eigenvalue weighted by molar-refractivity contribution is -0.120. The largest absolute Gasteiger partial charge is 0.492 e. The maximum atomic E-state index is 13.0. The van der Waals surface area contributed by atoms with Crippen molar-refractivity contribution < 1.29 is 18.3 Å². The van der Waals surface area contributed by atoms with Crippen molar-refractivity contribution in [1.82, 2.24) is 5.32 Å². The standard InChI is InChI=1S/C17H17F2NO2/c1-12-3-2-4-13(9-12)10-17(21)20-7-8-22-14-5-6-15(18)16(19)11-14/h2-6,9,11H,7-8,10H2,1H3,(H,20,21). The predicted octanol–water partition coefficient (Wildman–Crippen LogP) is 3.01. The van der Waals surface area contributed by atoms with Crippen LogP contribution < -0.4 is 10.1 Å². The first kappa shape index (κ1) is 15.9. The summed E-state index contributed by atoms with van der Waals surface area (Å²) in [7, 11) is 0. The maximum Gasteiger partial charge on any atom is 0.224 e. The number of halogens is 2. The minimum absolute atomic E-state index is 0.112. The van der Waals surface area contributed by atoms with Gasteiger partial charge in [0.1, 0.15) is 12.4 Å². The molecule has 2 rings (SSSR count). The van der Waals surface area contributed by atoms with Crippen LogP contribution in [0.3, 0.4) is 0 Å². The van der Waals surface area contributed by atoms with Gasteiger partial charge >= 0.3 is 0 Å². The monoisotopic (exact) mass is 305 g/mol. The van der Waals surface area contributed by atoms with E-state index in [2.05, 4.69) is 5.32 Å². The van der Waals surface area contributed by atoms with E-state index >= 15 is 0 Å². The average Bonchev–Trinajstić information content (AvgIpc) is 2.47. The highest BCUT2D eigenvalue weighted by atomic mass is 19.2. The minimum atomic E-state index is -0.957. The molecule has 22 heavy (non-hydrogen) atoms. The molecule has 5 heteroatoms. The van der Waals surface area contributed by atoms with E-state index in [0.717, 1.165) is 23.3 Å². The number of ether oxygens (including phenoxy) is 1. The summed E-state index contributed by atoms with van der Waals surface area (Å²) in [5, 5.41) is 2.72. The average molecular weight is 305 g/mol. The lowest BCUT2D eigenvalue weighted by Crippen LogP contribution is -2.29. The Morgan fingerprint density at radius 1 is 1.14 bits per heavy atom. The molecule has 0 fully saturated rings. The van der Waals surface area contributed by atoms with Crippen molar-refractivity contribution in [2.45, 2.75) is 13.3 Å². The Bertz CT molecular complexity index is 659. The number of hydrogen-bond acceptors (Lipinski definition) is 2. The zero-order valence-corrected chi connectivity index (χ0v) is 12.2. The summed E-state index contributed by atoms with van der Waals surface area (Å²) in [6, 6.07) is 11.0. The predicted molar refractivity (Wildman–Crippen MR) is 79.7 cm³/mol. The Labute approximate surface area is 127 Å². The molecule has 3 nitrogen and oxygen atoms in total. The number of benzene rings is 2. The highest BCUT2D eigenvalue weighted by molar-refractivity contribution is 5.78. The quantitative estimate of drug-likeness (QED) is 0.833. The van der Waals surface area contributed by atoms with Crippen LogP contribution in [0.5, 0.6) is 5.75 Å². The fourth-order valence-corrected chi connectivity index (χ4v) is 2.00. The van der Waals surface area contributed by atoms with Crippen molar-refractivity contribution in [3.63, 3.8) is 0 Å². The van der Waals surface area contributed by atoms with Crippen LogP contribution in [0.15, 0.2) is 42.5 Å². The Hall–Kier alpha value is -2.43. The van der Waals surface area contributed by atoms with E-state index in [4.69, 9.17) is 4.74 Å². The van der Waals surface area contributed by atoms with Crippen molar-refractivity contribution in [1.29, 1.82) is 0 Å². The summed E-state index contributed by atoms with van der Waals surface area (Å²) >= 11 is 0. The second-order valence-corrected chi connectivity index (χ2v) is 4.94. The van der Waals surface area contributed by atoms with E-state index in [1.54, 1.807) is 0 Å². The number of aryl methyl sites for hydroxylation is 1. The highest BCUT2D eigenvalue weighted by Crippen LogP contribution is 2.15. The third-order valence-electron chi connectivity index (χ3n) is 3.03. The fraction of sp³-hybridized carbons (Fsp3) is 0.235. The van der Waals surface area contributed by atoms with Crippen molar-refractivity contribution >= 4 is 5.91 Å². The number of carbonyl (C=O) groups excluding carboxylic acids is 1. The maximum absolute atomic E-state index is 13.0. The molecule has 0 heterocycles. The molecule has 0 aliphatic heterocycles. The van der Waals surface area contributed by atoms with Crippen molar-refractivity contribution in [2.24, 2.45) is 0 Å². The van der Waals surface area contributed by atoms with E-state index in [1.165, 1.54) is 6.07 Å². The molecular formula is C17H17F2NO2.